The maximum Gasteiger partial charge on any atom is 0.146 e. The van der Waals surface area contributed by atoms with Crippen LogP contribution in [0.4, 0.5) is 21.7 Å². The van der Waals surface area contributed by atoms with Crippen molar-refractivity contribution in [2.45, 2.75) is 13.3 Å². The van der Waals surface area contributed by atoms with Crippen LogP contribution >= 0.6 is 15.9 Å². The Morgan fingerprint density at radius 2 is 2.00 bits per heavy atom. The Labute approximate surface area is 119 Å². The van der Waals surface area contributed by atoms with Gasteiger partial charge in [0.2, 0.25) is 0 Å². The maximum absolute atomic E-state index is 13.7. The summed E-state index contributed by atoms with van der Waals surface area (Å²) in [6.45, 7) is 2.00. The first-order valence-electron chi connectivity index (χ1n) is 5.89. The van der Waals surface area contributed by atoms with Gasteiger partial charge in [0.05, 0.1) is 5.69 Å². The summed E-state index contributed by atoms with van der Waals surface area (Å²) >= 11 is 3.32. The van der Waals surface area contributed by atoms with E-state index < -0.39 is 0 Å². The van der Waals surface area contributed by atoms with Crippen LogP contribution in [0.15, 0.2) is 29.0 Å². The van der Waals surface area contributed by atoms with Crippen LogP contribution in [0.1, 0.15) is 12.5 Å². The van der Waals surface area contributed by atoms with Gasteiger partial charge in [-0.3, -0.25) is 0 Å². The van der Waals surface area contributed by atoms with Crippen molar-refractivity contribution in [2.75, 3.05) is 17.7 Å². The summed E-state index contributed by atoms with van der Waals surface area (Å²) in [6.07, 6.45) is 2.19. The maximum atomic E-state index is 13.7. The van der Waals surface area contributed by atoms with Crippen molar-refractivity contribution in [3.05, 3.63) is 40.4 Å². The van der Waals surface area contributed by atoms with Crippen molar-refractivity contribution in [1.82, 2.24) is 9.97 Å². The van der Waals surface area contributed by atoms with Crippen molar-refractivity contribution in [3.63, 3.8) is 0 Å². The van der Waals surface area contributed by atoms with Gasteiger partial charge in [-0.2, -0.15) is 0 Å². The van der Waals surface area contributed by atoms with E-state index in [-0.39, 0.29) is 5.82 Å². The van der Waals surface area contributed by atoms with Crippen LogP contribution in [0.3, 0.4) is 0 Å². The molecule has 1 heterocycles. The fourth-order valence-corrected chi connectivity index (χ4v) is 2.15. The van der Waals surface area contributed by atoms with Crippen LogP contribution in [-0.4, -0.2) is 17.0 Å². The third-order valence-electron chi connectivity index (χ3n) is 2.72. The Balaban J connectivity index is 2.40. The van der Waals surface area contributed by atoms with E-state index in [1.807, 2.05) is 6.92 Å². The van der Waals surface area contributed by atoms with Crippen molar-refractivity contribution in [1.29, 1.82) is 0 Å². The number of benzene rings is 1. The van der Waals surface area contributed by atoms with Crippen LogP contribution in [0, 0.1) is 5.82 Å². The number of halogens is 2. The second kappa shape index (κ2) is 5.97. The Kier molecular flexibility index (Phi) is 4.31. The molecule has 6 heteroatoms. The van der Waals surface area contributed by atoms with Gasteiger partial charge in [-0.05, 0) is 24.6 Å². The van der Waals surface area contributed by atoms with Gasteiger partial charge in [-0.1, -0.05) is 22.9 Å². The van der Waals surface area contributed by atoms with Gasteiger partial charge in [0.25, 0.3) is 0 Å². The normalized spacial score (nSPS) is 10.3. The first-order chi connectivity index (χ1) is 9.15. The summed E-state index contributed by atoms with van der Waals surface area (Å²) in [4.78, 5) is 8.33. The van der Waals surface area contributed by atoms with E-state index in [1.165, 1.54) is 12.4 Å². The van der Waals surface area contributed by atoms with Gasteiger partial charge in [0.1, 0.15) is 23.8 Å². The lowest BCUT2D eigenvalue weighted by atomic mass is 10.2. The third kappa shape index (κ3) is 3.01. The molecule has 0 unspecified atom stereocenters. The number of anilines is 3. The molecule has 19 heavy (non-hydrogen) atoms. The quantitative estimate of drug-likeness (QED) is 0.899. The fraction of sp³-hybridized carbons (Fsp3) is 0.231. The third-order valence-corrected chi connectivity index (χ3v) is 3.21. The molecule has 0 fully saturated rings. The van der Waals surface area contributed by atoms with Gasteiger partial charge in [-0.15, -0.1) is 0 Å². The van der Waals surface area contributed by atoms with Gasteiger partial charge in [-0.25, -0.2) is 14.4 Å². The van der Waals surface area contributed by atoms with Gasteiger partial charge in [0.15, 0.2) is 0 Å². The monoisotopic (exact) mass is 324 g/mol. The molecule has 0 aliphatic rings. The summed E-state index contributed by atoms with van der Waals surface area (Å²) in [7, 11) is 1.80. The van der Waals surface area contributed by atoms with E-state index in [9.17, 15) is 4.39 Å². The standard InChI is InChI=1S/C13H14BrFN4/c1-3-9-12(16-2)17-7-18-13(9)19-11-6-8(14)4-5-10(11)15/h4-7H,3H2,1-2H3,(H2,16,17,18,19). The minimum absolute atomic E-state index is 0.324. The van der Waals surface area contributed by atoms with E-state index in [0.29, 0.717) is 11.5 Å². The van der Waals surface area contributed by atoms with E-state index >= 15 is 0 Å². The molecule has 0 aliphatic heterocycles. The Morgan fingerprint density at radius 1 is 1.26 bits per heavy atom. The summed E-state index contributed by atoms with van der Waals surface area (Å²) in [6, 6.07) is 4.73. The number of hydrogen-bond donors (Lipinski definition) is 2. The summed E-state index contributed by atoms with van der Waals surface area (Å²) < 4.78 is 14.5. The average Bonchev–Trinajstić information content (AvgIpc) is 2.42. The Morgan fingerprint density at radius 3 is 2.68 bits per heavy atom. The van der Waals surface area contributed by atoms with Crippen molar-refractivity contribution < 1.29 is 4.39 Å². The van der Waals surface area contributed by atoms with E-state index in [1.54, 1.807) is 19.2 Å². The largest absolute Gasteiger partial charge is 0.373 e. The highest BCUT2D eigenvalue weighted by molar-refractivity contribution is 9.10. The first-order valence-corrected chi connectivity index (χ1v) is 6.68. The number of nitrogens with zero attached hydrogens (tertiary/aromatic N) is 2. The fourth-order valence-electron chi connectivity index (χ4n) is 1.79. The Hall–Kier alpha value is -1.69. The van der Waals surface area contributed by atoms with Crippen LogP contribution in [0.25, 0.3) is 0 Å². The highest BCUT2D eigenvalue weighted by atomic mass is 79.9. The minimum Gasteiger partial charge on any atom is -0.373 e. The first kappa shape index (κ1) is 13.7. The predicted octanol–water partition coefficient (Wildman–Crippen LogP) is 3.73. The highest BCUT2D eigenvalue weighted by Gasteiger charge is 2.11. The van der Waals surface area contributed by atoms with Crippen LogP contribution in [0.2, 0.25) is 0 Å². The molecule has 0 spiro atoms. The number of aromatic nitrogens is 2. The molecule has 0 radical (unpaired) electrons. The van der Waals surface area contributed by atoms with Crippen LogP contribution in [-0.2, 0) is 6.42 Å². The van der Waals surface area contributed by atoms with Gasteiger partial charge >= 0.3 is 0 Å². The van der Waals surface area contributed by atoms with Crippen LogP contribution in [0.5, 0.6) is 0 Å². The molecule has 0 saturated carbocycles. The molecule has 0 bridgehead atoms. The van der Waals surface area contributed by atoms with E-state index in [4.69, 9.17) is 0 Å². The zero-order valence-corrected chi connectivity index (χ0v) is 12.3. The van der Waals surface area contributed by atoms with Gasteiger partial charge in [0, 0.05) is 17.1 Å². The zero-order chi connectivity index (χ0) is 13.8. The van der Waals surface area contributed by atoms with Crippen molar-refractivity contribution in [2.24, 2.45) is 0 Å². The molecule has 2 aromatic rings. The summed E-state index contributed by atoms with van der Waals surface area (Å²) in [5.41, 5.74) is 1.30. The van der Waals surface area contributed by atoms with Crippen molar-refractivity contribution >= 4 is 33.3 Å². The lowest BCUT2D eigenvalue weighted by Gasteiger charge is -2.13. The minimum atomic E-state index is -0.324. The molecule has 0 aliphatic carbocycles. The van der Waals surface area contributed by atoms with Gasteiger partial charge < -0.3 is 10.6 Å². The molecule has 0 atom stereocenters. The molecule has 100 valence electrons. The van der Waals surface area contributed by atoms with E-state index in [0.717, 1.165) is 22.3 Å². The summed E-state index contributed by atoms with van der Waals surface area (Å²) in [5, 5.41) is 6.02. The number of rotatable bonds is 4. The smallest absolute Gasteiger partial charge is 0.146 e. The molecule has 2 rings (SSSR count). The second-order valence-corrected chi connectivity index (χ2v) is 4.82. The molecule has 4 nitrogen and oxygen atoms in total. The number of nitrogens with one attached hydrogen (secondary N) is 2. The molecule has 0 saturated heterocycles. The summed E-state index contributed by atoms with van der Waals surface area (Å²) in [5.74, 6) is 1.03. The lowest BCUT2D eigenvalue weighted by Crippen LogP contribution is -2.05. The number of hydrogen-bond acceptors (Lipinski definition) is 4. The zero-order valence-electron chi connectivity index (χ0n) is 10.7. The average molecular weight is 325 g/mol. The molecular formula is C13H14BrFN4. The molecule has 0 amide bonds. The highest BCUT2D eigenvalue weighted by Crippen LogP contribution is 2.27. The predicted molar refractivity (Wildman–Crippen MR) is 78.3 cm³/mol. The van der Waals surface area contributed by atoms with E-state index in [2.05, 4.69) is 36.5 Å². The van der Waals surface area contributed by atoms with Crippen molar-refractivity contribution in [3.8, 4) is 0 Å². The van der Waals surface area contributed by atoms with Crippen LogP contribution < -0.4 is 10.6 Å². The molecular weight excluding hydrogens is 311 g/mol. The molecule has 1 aromatic carbocycles. The Bertz CT molecular complexity index is 589. The lowest BCUT2D eigenvalue weighted by molar-refractivity contribution is 0.631. The topological polar surface area (TPSA) is 49.8 Å². The molecule has 1 aromatic heterocycles. The SMILES string of the molecule is CCc1c(NC)ncnc1Nc1cc(Br)ccc1F. The second-order valence-electron chi connectivity index (χ2n) is 3.90. The molecule has 2 N–H and O–H groups in total.